The number of aryl methyl sites for hydroxylation is 1. The Balaban J connectivity index is 2.14. The van der Waals surface area contributed by atoms with E-state index >= 15 is 0 Å². The van der Waals surface area contributed by atoms with Crippen molar-refractivity contribution < 1.29 is 9.90 Å². The summed E-state index contributed by atoms with van der Waals surface area (Å²) in [6.45, 7) is 4.13. The van der Waals surface area contributed by atoms with E-state index in [2.05, 4.69) is 4.98 Å². The third-order valence-electron chi connectivity index (χ3n) is 2.99. The molecule has 1 unspecified atom stereocenters. The normalized spacial score (nSPS) is 12.4. The molecule has 0 fully saturated rings. The minimum absolute atomic E-state index is 0.0258. The number of thiophene rings is 1. The van der Waals surface area contributed by atoms with Gasteiger partial charge in [0.05, 0.1) is 11.8 Å². The van der Waals surface area contributed by atoms with Crippen molar-refractivity contribution in [3.8, 4) is 10.6 Å². The van der Waals surface area contributed by atoms with Gasteiger partial charge in [0.15, 0.2) is 0 Å². The lowest BCUT2D eigenvalue weighted by molar-refractivity contribution is 0.0773. The smallest absolute Gasteiger partial charge is 0.265 e. The van der Waals surface area contributed by atoms with Crippen molar-refractivity contribution >= 4 is 28.6 Å². The van der Waals surface area contributed by atoms with E-state index in [1.807, 2.05) is 23.8 Å². The maximum atomic E-state index is 12.4. The van der Waals surface area contributed by atoms with Crippen molar-refractivity contribution in [2.45, 2.75) is 26.4 Å². The Morgan fingerprint density at radius 1 is 1.55 bits per heavy atom. The van der Waals surface area contributed by atoms with Crippen molar-refractivity contribution in [2.75, 3.05) is 13.6 Å². The van der Waals surface area contributed by atoms with Crippen LogP contribution in [0.25, 0.3) is 10.6 Å². The lowest BCUT2D eigenvalue weighted by Gasteiger charge is -2.17. The highest BCUT2D eigenvalue weighted by atomic mass is 32.1. The summed E-state index contributed by atoms with van der Waals surface area (Å²) in [6, 6.07) is 2.01. The molecule has 1 amide bonds. The van der Waals surface area contributed by atoms with Crippen LogP contribution in [-0.2, 0) is 0 Å². The molecule has 0 saturated heterocycles. The number of aliphatic hydroxyl groups excluding tert-OH is 1. The van der Waals surface area contributed by atoms with E-state index < -0.39 is 6.10 Å². The number of thiazole rings is 1. The second-order valence-corrected chi connectivity index (χ2v) is 6.59. The fourth-order valence-electron chi connectivity index (χ4n) is 1.76. The third-order valence-corrected chi connectivity index (χ3v) is 4.87. The lowest BCUT2D eigenvalue weighted by atomic mass is 10.2. The van der Waals surface area contributed by atoms with Gasteiger partial charge in [0.1, 0.15) is 9.88 Å². The summed E-state index contributed by atoms with van der Waals surface area (Å²) in [5.74, 6) is -0.0258. The van der Waals surface area contributed by atoms with E-state index in [-0.39, 0.29) is 5.91 Å². The summed E-state index contributed by atoms with van der Waals surface area (Å²) in [7, 11) is 1.76. The largest absolute Gasteiger partial charge is 0.393 e. The molecule has 1 N–H and O–H groups in total. The van der Waals surface area contributed by atoms with Crippen LogP contribution in [-0.4, -0.2) is 40.6 Å². The van der Waals surface area contributed by atoms with Crippen LogP contribution in [0.4, 0.5) is 0 Å². The standard InChI is InChI=1S/C14H18N2O2S2/c1-9(17)4-6-16(3)14(18)12-10(2)15-13(20-12)11-5-7-19-8-11/h5,7-9,17H,4,6H2,1-3H3. The zero-order valence-corrected chi connectivity index (χ0v) is 13.4. The number of carbonyl (C=O) groups excluding carboxylic acids is 1. The Morgan fingerprint density at radius 2 is 2.30 bits per heavy atom. The van der Waals surface area contributed by atoms with Crippen LogP contribution < -0.4 is 0 Å². The molecule has 0 bridgehead atoms. The first-order valence-corrected chi connectivity index (χ1v) is 8.18. The molecule has 0 saturated carbocycles. The predicted octanol–water partition coefficient (Wildman–Crippen LogP) is 3.02. The molecule has 0 aromatic carbocycles. The molecule has 20 heavy (non-hydrogen) atoms. The highest BCUT2D eigenvalue weighted by Crippen LogP contribution is 2.30. The van der Waals surface area contributed by atoms with Gasteiger partial charge in [0.25, 0.3) is 5.91 Å². The molecule has 1 atom stereocenters. The molecule has 2 rings (SSSR count). The van der Waals surface area contributed by atoms with Crippen molar-refractivity contribution in [3.05, 3.63) is 27.4 Å². The Kier molecular flexibility index (Phi) is 4.91. The van der Waals surface area contributed by atoms with E-state index in [4.69, 9.17) is 0 Å². The first-order chi connectivity index (χ1) is 9.49. The number of amides is 1. The predicted molar refractivity (Wildman–Crippen MR) is 83.4 cm³/mol. The minimum atomic E-state index is -0.394. The molecule has 2 heterocycles. The molecule has 0 radical (unpaired) electrons. The molecule has 6 heteroatoms. The summed E-state index contributed by atoms with van der Waals surface area (Å²) >= 11 is 3.05. The number of hydrogen-bond acceptors (Lipinski definition) is 5. The molecule has 2 aromatic heterocycles. The molecular formula is C14H18N2O2S2. The second-order valence-electron chi connectivity index (χ2n) is 4.81. The van der Waals surface area contributed by atoms with Gasteiger partial charge in [-0.2, -0.15) is 11.3 Å². The first-order valence-electron chi connectivity index (χ1n) is 6.42. The summed E-state index contributed by atoms with van der Waals surface area (Å²) < 4.78 is 0. The van der Waals surface area contributed by atoms with Gasteiger partial charge in [-0.25, -0.2) is 4.98 Å². The Morgan fingerprint density at radius 3 is 2.90 bits per heavy atom. The van der Waals surface area contributed by atoms with Crippen molar-refractivity contribution in [2.24, 2.45) is 0 Å². The van der Waals surface area contributed by atoms with Crippen LogP contribution in [0, 0.1) is 6.92 Å². The average molecular weight is 310 g/mol. The molecule has 0 spiro atoms. The summed E-state index contributed by atoms with van der Waals surface area (Å²) in [4.78, 5) is 19.2. The van der Waals surface area contributed by atoms with E-state index in [1.165, 1.54) is 11.3 Å². The summed E-state index contributed by atoms with van der Waals surface area (Å²) in [5, 5.41) is 14.2. The van der Waals surface area contributed by atoms with Gasteiger partial charge in [-0.05, 0) is 31.7 Å². The maximum Gasteiger partial charge on any atom is 0.265 e. The van der Waals surface area contributed by atoms with E-state index in [0.717, 1.165) is 16.3 Å². The van der Waals surface area contributed by atoms with Crippen molar-refractivity contribution in [1.29, 1.82) is 0 Å². The van der Waals surface area contributed by atoms with Crippen LogP contribution in [0.15, 0.2) is 16.8 Å². The van der Waals surface area contributed by atoms with Crippen LogP contribution >= 0.6 is 22.7 Å². The fourth-order valence-corrected chi connectivity index (χ4v) is 3.53. The number of nitrogens with zero attached hydrogens (tertiary/aromatic N) is 2. The van der Waals surface area contributed by atoms with E-state index in [0.29, 0.717) is 17.8 Å². The number of aliphatic hydroxyl groups is 1. The zero-order valence-electron chi connectivity index (χ0n) is 11.8. The summed E-state index contributed by atoms with van der Waals surface area (Å²) in [6.07, 6.45) is 0.187. The van der Waals surface area contributed by atoms with E-state index in [1.54, 1.807) is 30.2 Å². The molecule has 4 nitrogen and oxygen atoms in total. The maximum absolute atomic E-state index is 12.4. The van der Waals surface area contributed by atoms with Crippen LogP contribution in [0.3, 0.4) is 0 Å². The fraction of sp³-hybridized carbons (Fsp3) is 0.429. The Hall–Kier alpha value is -1.24. The Labute approximate surface area is 126 Å². The van der Waals surface area contributed by atoms with E-state index in [9.17, 15) is 9.90 Å². The SMILES string of the molecule is Cc1nc(-c2ccsc2)sc1C(=O)N(C)CCC(C)O. The number of carbonyl (C=O) groups is 1. The van der Waals surface area contributed by atoms with Gasteiger partial charge in [0.2, 0.25) is 0 Å². The molecule has 0 aliphatic heterocycles. The highest BCUT2D eigenvalue weighted by molar-refractivity contribution is 7.17. The summed E-state index contributed by atoms with van der Waals surface area (Å²) in [5.41, 5.74) is 1.83. The molecule has 2 aromatic rings. The minimum Gasteiger partial charge on any atom is -0.393 e. The van der Waals surface area contributed by atoms with Crippen LogP contribution in [0.5, 0.6) is 0 Å². The van der Waals surface area contributed by atoms with Crippen LogP contribution in [0.2, 0.25) is 0 Å². The molecule has 0 aliphatic rings. The van der Waals surface area contributed by atoms with Crippen LogP contribution in [0.1, 0.15) is 28.7 Å². The van der Waals surface area contributed by atoms with Gasteiger partial charge < -0.3 is 10.0 Å². The molecular weight excluding hydrogens is 292 g/mol. The number of hydrogen-bond donors (Lipinski definition) is 1. The Bertz CT molecular complexity index is 576. The van der Waals surface area contributed by atoms with Crippen molar-refractivity contribution in [1.82, 2.24) is 9.88 Å². The van der Waals surface area contributed by atoms with Gasteiger partial charge in [-0.3, -0.25) is 4.79 Å². The number of aromatic nitrogens is 1. The van der Waals surface area contributed by atoms with Gasteiger partial charge >= 0.3 is 0 Å². The topological polar surface area (TPSA) is 53.4 Å². The monoisotopic (exact) mass is 310 g/mol. The molecule has 0 aliphatic carbocycles. The molecule has 108 valence electrons. The first kappa shape index (κ1) is 15.2. The second kappa shape index (κ2) is 6.47. The van der Waals surface area contributed by atoms with Gasteiger partial charge in [0, 0.05) is 24.5 Å². The highest BCUT2D eigenvalue weighted by Gasteiger charge is 2.19. The number of rotatable bonds is 5. The average Bonchev–Trinajstić information content (AvgIpc) is 3.03. The van der Waals surface area contributed by atoms with Crippen molar-refractivity contribution in [3.63, 3.8) is 0 Å². The third kappa shape index (κ3) is 3.45. The van der Waals surface area contributed by atoms with Gasteiger partial charge in [-0.15, -0.1) is 11.3 Å². The zero-order chi connectivity index (χ0) is 14.7. The lowest BCUT2D eigenvalue weighted by Crippen LogP contribution is -2.29. The van der Waals surface area contributed by atoms with Gasteiger partial charge in [-0.1, -0.05) is 0 Å². The quantitative estimate of drug-likeness (QED) is 0.923.